The quantitative estimate of drug-likeness (QED) is 0.386. The fraction of sp³-hybridized carbons (Fsp3) is 0.375. The molecule has 1 unspecified atom stereocenters. The Kier molecular flexibility index (Phi) is 5.43. The number of piperidine rings is 1. The first-order chi connectivity index (χ1) is 18.1. The number of hydrogen-bond donors (Lipinski definition) is 2. The Balaban J connectivity index is 1.39. The molecular weight excluding hydrogens is 503 g/mol. The lowest BCUT2D eigenvalue weighted by Crippen LogP contribution is -2.46. The molecule has 2 bridgehead atoms. The van der Waals surface area contributed by atoms with Gasteiger partial charge in [0.2, 0.25) is 5.82 Å². The minimum Gasteiger partial charge on any atom is -0.383 e. The summed E-state index contributed by atoms with van der Waals surface area (Å²) in [6.45, 7) is 1.41. The highest BCUT2D eigenvalue weighted by Gasteiger charge is 2.45. The van der Waals surface area contributed by atoms with E-state index in [9.17, 15) is 22.8 Å². The molecule has 14 heteroatoms. The van der Waals surface area contributed by atoms with Crippen LogP contribution < -0.4 is 5.73 Å². The molecule has 6 heterocycles. The summed E-state index contributed by atoms with van der Waals surface area (Å²) in [5.74, 6) is -0.353. The number of fused-ring (bicyclic) bond motifs is 3. The topological polar surface area (TPSA) is 148 Å². The van der Waals surface area contributed by atoms with Crippen LogP contribution in [-0.4, -0.2) is 63.4 Å². The average molecular weight is 525 g/mol. The molecule has 38 heavy (non-hydrogen) atoms. The number of carbonyl (C=O) groups excluding carboxylic acids is 2. The summed E-state index contributed by atoms with van der Waals surface area (Å²) in [4.78, 5) is 40.0. The normalized spacial score (nSPS) is 21.3. The van der Waals surface area contributed by atoms with Crippen LogP contribution in [0.15, 0.2) is 30.9 Å². The first-order valence-electron chi connectivity index (χ1n) is 12.0. The van der Waals surface area contributed by atoms with Gasteiger partial charge in [0, 0.05) is 35.3 Å². The molecule has 0 saturated carbocycles. The van der Waals surface area contributed by atoms with Gasteiger partial charge in [0.1, 0.15) is 17.8 Å². The van der Waals surface area contributed by atoms with Crippen molar-refractivity contribution in [3.8, 4) is 11.1 Å². The number of H-pyrrole nitrogens is 1. The summed E-state index contributed by atoms with van der Waals surface area (Å²) < 4.78 is 40.3. The van der Waals surface area contributed by atoms with E-state index in [4.69, 9.17) is 10.7 Å². The number of nitrogens with zero attached hydrogens (tertiary/aromatic N) is 7. The molecule has 0 aliphatic carbocycles. The number of pyridine rings is 1. The van der Waals surface area contributed by atoms with E-state index in [0.29, 0.717) is 35.3 Å². The number of carbonyl (C=O) groups is 2. The van der Waals surface area contributed by atoms with E-state index in [1.54, 1.807) is 0 Å². The second kappa shape index (κ2) is 8.60. The number of hydrogen-bond acceptors (Lipinski definition) is 8. The van der Waals surface area contributed by atoms with Crippen molar-refractivity contribution in [1.82, 2.24) is 39.7 Å². The molecule has 1 amide bonds. The Morgan fingerprint density at radius 3 is 2.42 bits per heavy atom. The van der Waals surface area contributed by atoms with Gasteiger partial charge in [-0.1, -0.05) is 6.07 Å². The molecule has 0 aromatic carbocycles. The minimum atomic E-state index is -4.56. The molecule has 3 N–H and O–H groups in total. The molecule has 4 aromatic rings. The van der Waals surface area contributed by atoms with E-state index in [1.165, 1.54) is 30.0 Å². The Bertz CT molecular complexity index is 1530. The van der Waals surface area contributed by atoms with Crippen LogP contribution >= 0.6 is 0 Å². The number of amides is 1. The summed E-state index contributed by atoms with van der Waals surface area (Å²) in [7, 11) is 0. The summed E-state index contributed by atoms with van der Waals surface area (Å²) in [6.07, 6.45) is 2.05. The molecule has 3 atom stereocenters. The van der Waals surface area contributed by atoms with Gasteiger partial charge in [-0.2, -0.15) is 27.9 Å². The number of aromatic nitrogens is 7. The predicted molar refractivity (Wildman–Crippen MR) is 127 cm³/mol. The molecule has 2 aliphatic heterocycles. The Morgan fingerprint density at radius 2 is 1.84 bits per heavy atom. The molecule has 2 saturated heterocycles. The first-order valence-corrected chi connectivity index (χ1v) is 12.0. The monoisotopic (exact) mass is 525 g/mol. The van der Waals surface area contributed by atoms with Crippen LogP contribution in [0.5, 0.6) is 0 Å². The van der Waals surface area contributed by atoms with Gasteiger partial charge in [-0.15, -0.1) is 0 Å². The van der Waals surface area contributed by atoms with Crippen LogP contribution in [0, 0.1) is 0 Å². The van der Waals surface area contributed by atoms with Crippen LogP contribution in [0.2, 0.25) is 0 Å². The van der Waals surface area contributed by atoms with Gasteiger partial charge in [0.25, 0.3) is 5.91 Å². The zero-order valence-corrected chi connectivity index (χ0v) is 20.1. The van der Waals surface area contributed by atoms with E-state index >= 15 is 0 Å². The van der Waals surface area contributed by atoms with Crippen molar-refractivity contribution in [3.05, 3.63) is 53.6 Å². The molecule has 11 nitrogen and oxygen atoms in total. The Labute approximate surface area is 213 Å². The summed E-state index contributed by atoms with van der Waals surface area (Å²) in [6, 6.07) is 2.06. The summed E-state index contributed by atoms with van der Waals surface area (Å²) in [5, 5.41) is 10.7. The van der Waals surface area contributed by atoms with Crippen molar-refractivity contribution in [2.75, 3.05) is 5.73 Å². The number of halogens is 3. The van der Waals surface area contributed by atoms with Crippen LogP contribution in [0.3, 0.4) is 0 Å². The number of anilines is 1. The zero-order chi connectivity index (χ0) is 26.8. The van der Waals surface area contributed by atoms with Gasteiger partial charge in [0.05, 0.1) is 17.5 Å². The third kappa shape index (κ3) is 3.78. The maximum absolute atomic E-state index is 13.0. The van der Waals surface area contributed by atoms with Crippen molar-refractivity contribution in [2.45, 2.75) is 56.8 Å². The highest BCUT2D eigenvalue weighted by Crippen LogP contribution is 2.45. The van der Waals surface area contributed by atoms with E-state index in [2.05, 4.69) is 25.3 Å². The number of nitrogens with two attached hydrogens (primary N) is 1. The fourth-order valence-electron chi connectivity index (χ4n) is 5.78. The third-order valence-corrected chi connectivity index (χ3v) is 7.40. The molecule has 196 valence electrons. The van der Waals surface area contributed by atoms with Crippen LogP contribution in [0.4, 0.5) is 19.0 Å². The smallest absolute Gasteiger partial charge is 0.383 e. The SMILES string of the molecule is CC(=O)c1c(C2C[C@H]3CC[C@@H](C2)N3C(=O)c2ncn[nH]2)nc2c(-c3ccc(C(F)(F)F)nc3)cnn2c1N. The molecule has 0 radical (unpaired) electrons. The van der Waals surface area contributed by atoms with Crippen LogP contribution in [0.1, 0.15) is 70.9 Å². The van der Waals surface area contributed by atoms with Crippen molar-refractivity contribution in [3.63, 3.8) is 0 Å². The lowest BCUT2D eigenvalue weighted by molar-refractivity contribution is -0.141. The van der Waals surface area contributed by atoms with Gasteiger partial charge in [-0.25, -0.2) is 9.97 Å². The van der Waals surface area contributed by atoms with E-state index in [0.717, 1.165) is 25.1 Å². The number of ketones is 1. The highest BCUT2D eigenvalue weighted by atomic mass is 19.4. The second-order valence-electron chi connectivity index (χ2n) is 9.64. The molecule has 0 spiro atoms. The van der Waals surface area contributed by atoms with Crippen molar-refractivity contribution >= 4 is 23.2 Å². The Morgan fingerprint density at radius 1 is 1.11 bits per heavy atom. The molecule has 4 aromatic heterocycles. The molecule has 2 aliphatic rings. The van der Waals surface area contributed by atoms with Crippen molar-refractivity contribution in [1.29, 1.82) is 0 Å². The van der Waals surface area contributed by atoms with E-state index < -0.39 is 11.9 Å². The van der Waals surface area contributed by atoms with Crippen molar-refractivity contribution in [2.24, 2.45) is 0 Å². The number of rotatable bonds is 4. The van der Waals surface area contributed by atoms with E-state index in [1.807, 2.05) is 4.90 Å². The van der Waals surface area contributed by atoms with Gasteiger partial charge in [-0.05, 0) is 38.7 Å². The van der Waals surface area contributed by atoms with Crippen LogP contribution in [0.25, 0.3) is 16.8 Å². The maximum Gasteiger partial charge on any atom is 0.433 e. The molecular formula is C24H22F3N9O2. The summed E-state index contributed by atoms with van der Waals surface area (Å²) in [5.41, 5.74) is 7.32. The number of nitrogens with one attached hydrogen (secondary N) is 1. The molecule has 6 rings (SSSR count). The number of Topliss-reactive ketones (excluding diaryl/α,β-unsaturated/α-hetero) is 1. The number of aromatic amines is 1. The predicted octanol–water partition coefficient (Wildman–Crippen LogP) is 3.26. The van der Waals surface area contributed by atoms with Crippen LogP contribution in [-0.2, 0) is 6.18 Å². The lowest BCUT2D eigenvalue weighted by Gasteiger charge is -2.38. The number of alkyl halides is 3. The first kappa shape index (κ1) is 24.0. The van der Waals surface area contributed by atoms with Gasteiger partial charge < -0.3 is 10.6 Å². The standard InChI is InChI=1S/C24H22F3N9O2/c1-11(37)18-19(13-6-14-3-4-15(7-13)35(14)23(38)21-30-10-31-34-21)33-22-16(9-32-36(22)20(18)28)12-2-5-17(29-8-12)24(25,26)27/h2,5,8-10,13-15H,3-4,6-7,28H2,1H3,(H,30,31,34)/t13?,14-,15+. The average Bonchev–Trinajstić information content (AvgIpc) is 3.61. The summed E-state index contributed by atoms with van der Waals surface area (Å²) >= 11 is 0. The second-order valence-corrected chi connectivity index (χ2v) is 9.64. The zero-order valence-electron chi connectivity index (χ0n) is 20.1. The highest BCUT2D eigenvalue weighted by molar-refractivity contribution is 6.00. The number of nitrogen functional groups attached to an aromatic ring is 1. The maximum atomic E-state index is 13.0. The van der Waals surface area contributed by atoms with E-state index in [-0.39, 0.29) is 46.9 Å². The third-order valence-electron chi connectivity index (χ3n) is 7.40. The minimum absolute atomic E-state index is 0.0705. The van der Waals surface area contributed by atoms with Gasteiger partial charge in [0.15, 0.2) is 11.4 Å². The Hall–Kier alpha value is -4.36. The lowest BCUT2D eigenvalue weighted by atomic mass is 9.85. The fourth-order valence-corrected chi connectivity index (χ4v) is 5.78. The van der Waals surface area contributed by atoms with Gasteiger partial charge in [-0.3, -0.25) is 19.7 Å². The largest absolute Gasteiger partial charge is 0.433 e. The van der Waals surface area contributed by atoms with Gasteiger partial charge >= 0.3 is 6.18 Å². The molecule has 2 fully saturated rings. The van der Waals surface area contributed by atoms with Crippen molar-refractivity contribution < 1.29 is 22.8 Å².